The van der Waals surface area contributed by atoms with Crippen molar-refractivity contribution < 1.29 is 14.6 Å². The van der Waals surface area contributed by atoms with Crippen molar-refractivity contribution >= 4 is 5.97 Å². The third kappa shape index (κ3) is 7.03. The predicted octanol–water partition coefficient (Wildman–Crippen LogP) is 8.19. The normalized spacial score (nSPS) is 25.4. The summed E-state index contributed by atoms with van der Waals surface area (Å²) in [7, 11) is 2.08. The maximum absolute atomic E-state index is 13.4. The molecular formula is C32H51NO3. The quantitative estimate of drug-likeness (QED) is 0.116. The van der Waals surface area contributed by atoms with Gasteiger partial charge in [0.25, 0.3) is 0 Å². The van der Waals surface area contributed by atoms with E-state index in [4.69, 9.17) is 4.74 Å². The molecule has 4 atom stereocenters. The first-order valence-corrected chi connectivity index (χ1v) is 14.0. The lowest BCUT2D eigenvalue weighted by Gasteiger charge is -2.41. The number of esters is 1. The number of likely N-dealkylation sites (N-methyl/N-ethyl adjacent to an activating group) is 1. The molecule has 0 radical (unpaired) electrons. The van der Waals surface area contributed by atoms with Crippen LogP contribution in [-0.4, -0.2) is 35.6 Å². The van der Waals surface area contributed by atoms with Crippen LogP contribution in [0, 0.1) is 10.8 Å². The summed E-state index contributed by atoms with van der Waals surface area (Å²) in [5, 5.41) is 11.3. The van der Waals surface area contributed by atoms with E-state index in [0.29, 0.717) is 11.8 Å². The first kappa shape index (κ1) is 30.2. The minimum Gasteiger partial charge on any atom is -0.507 e. The van der Waals surface area contributed by atoms with Gasteiger partial charge in [-0.05, 0) is 90.0 Å². The fraction of sp³-hybridized carbons (Fsp3) is 0.656. The number of ether oxygens (including phenoxy) is 1. The van der Waals surface area contributed by atoms with Crippen LogP contribution in [0.3, 0.4) is 0 Å². The van der Waals surface area contributed by atoms with Crippen LogP contribution in [0.1, 0.15) is 111 Å². The third-order valence-electron chi connectivity index (χ3n) is 8.20. The number of phenols is 1. The highest BCUT2D eigenvalue weighted by molar-refractivity contribution is 5.79. The van der Waals surface area contributed by atoms with Gasteiger partial charge in [-0.2, -0.15) is 0 Å². The summed E-state index contributed by atoms with van der Waals surface area (Å²) in [5.41, 5.74) is 3.30. The van der Waals surface area contributed by atoms with Crippen LogP contribution in [0.25, 0.3) is 0 Å². The van der Waals surface area contributed by atoms with Gasteiger partial charge in [-0.1, -0.05) is 64.3 Å². The summed E-state index contributed by atoms with van der Waals surface area (Å²) in [6.07, 6.45) is 9.16. The molecule has 1 aromatic carbocycles. The van der Waals surface area contributed by atoms with Crippen molar-refractivity contribution in [2.75, 3.05) is 13.6 Å². The average Bonchev–Trinajstić information content (AvgIpc) is 3.50. The van der Waals surface area contributed by atoms with Gasteiger partial charge >= 0.3 is 5.97 Å². The first-order chi connectivity index (χ1) is 16.9. The van der Waals surface area contributed by atoms with Gasteiger partial charge in [-0.15, -0.1) is 0 Å². The van der Waals surface area contributed by atoms with Crippen LogP contribution in [0.15, 0.2) is 35.9 Å². The summed E-state index contributed by atoms with van der Waals surface area (Å²) < 4.78 is 6.19. The molecule has 4 unspecified atom stereocenters. The summed E-state index contributed by atoms with van der Waals surface area (Å²) in [5.74, 6) is 0.411. The van der Waals surface area contributed by atoms with Crippen LogP contribution in [0.2, 0.25) is 0 Å². The molecule has 4 nitrogen and oxygen atoms in total. The van der Waals surface area contributed by atoms with Crippen molar-refractivity contribution in [3.8, 4) is 11.5 Å². The van der Waals surface area contributed by atoms with Crippen LogP contribution < -0.4 is 4.74 Å². The molecule has 0 saturated carbocycles. The number of unbranched alkanes of at least 4 members (excludes halogenated alkanes) is 2. The number of hydrogen-bond donors (Lipinski definition) is 1. The largest absolute Gasteiger partial charge is 0.507 e. The molecular weight excluding hydrogens is 446 g/mol. The van der Waals surface area contributed by atoms with E-state index >= 15 is 0 Å². The molecule has 202 valence electrons. The van der Waals surface area contributed by atoms with Gasteiger partial charge in [0.05, 0.1) is 5.41 Å². The minimum atomic E-state index is -0.601. The van der Waals surface area contributed by atoms with Gasteiger partial charge in [-0.3, -0.25) is 4.79 Å². The Morgan fingerprint density at radius 2 is 1.92 bits per heavy atom. The maximum atomic E-state index is 13.4. The Hall–Kier alpha value is -2.07. The molecule has 1 heterocycles. The number of rotatable bonds is 10. The molecule has 0 amide bonds. The van der Waals surface area contributed by atoms with E-state index in [-0.39, 0.29) is 23.1 Å². The zero-order chi connectivity index (χ0) is 27.3. The van der Waals surface area contributed by atoms with Crippen molar-refractivity contribution in [3.63, 3.8) is 0 Å². The molecule has 2 aliphatic rings. The molecule has 1 N–H and O–H groups in total. The Kier molecular flexibility index (Phi) is 10.4. The topological polar surface area (TPSA) is 49.5 Å². The smallest absolute Gasteiger partial charge is 0.316 e. The summed E-state index contributed by atoms with van der Waals surface area (Å²) in [4.78, 5) is 15.7. The second-order valence-corrected chi connectivity index (χ2v) is 11.7. The number of hydrogen-bond acceptors (Lipinski definition) is 4. The molecule has 36 heavy (non-hydrogen) atoms. The van der Waals surface area contributed by atoms with Crippen molar-refractivity contribution in [2.24, 2.45) is 10.8 Å². The second kappa shape index (κ2) is 12.4. The van der Waals surface area contributed by atoms with Crippen molar-refractivity contribution in [1.82, 2.24) is 4.90 Å². The summed E-state index contributed by atoms with van der Waals surface area (Å²) >= 11 is 0. The fourth-order valence-electron chi connectivity index (χ4n) is 5.25. The van der Waals surface area contributed by atoms with E-state index in [2.05, 4.69) is 52.3 Å². The SMILES string of the molecule is C=C(C)C1(C)CCC(C)=CC1c1c(O)cc(CCCCC)cc1OC(=O)C(C)(C)CC1CN1C.CC. The monoisotopic (exact) mass is 497 g/mol. The Morgan fingerprint density at radius 3 is 2.47 bits per heavy atom. The highest BCUT2D eigenvalue weighted by atomic mass is 16.5. The lowest BCUT2D eigenvalue weighted by Crippen LogP contribution is -2.33. The van der Waals surface area contributed by atoms with Crippen molar-refractivity contribution in [3.05, 3.63) is 47.1 Å². The average molecular weight is 498 g/mol. The van der Waals surface area contributed by atoms with E-state index in [1.54, 1.807) is 0 Å². The van der Waals surface area contributed by atoms with E-state index in [9.17, 15) is 9.90 Å². The molecule has 0 bridgehead atoms. The fourth-order valence-corrected chi connectivity index (χ4v) is 5.25. The summed E-state index contributed by atoms with van der Waals surface area (Å²) in [6, 6.07) is 4.31. The summed E-state index contributed by atoms with van der Waals surface area (Å²) in [6.45, 7) is 21.9. The number of carbonyl (C=O) groups is 1. The lowest BCUT2D eigenvalue weighted by atomic mass is 9.63. The zero-order valence-electron chi connectivity index (χ0n) is 24.5. The number of aromatic hydroxyl groups is 1. The highest BCUT2D eigenvalue weighted by Crippen LogP contribution is 2.54. The minimum absolute atomic E-state index is 0.0936. The van der Waals surface area contributed by atoms with Crippen LogP contribution in [-0.2, 0) is 11.2 Å². The highest BCUT2D eigenvalue weighted by Gasteiger charge is 2.43. The third-order valence-corrected chi connectivity index (χ3v) is 8.20. The van der Waals surface area contributed by atoms with Crippen molar-refractivity contribution in [2.45, 2.75) is 112 Å². The van der Waals surface area contributed by atoms with E-state index in [1.807, 2.05) is 39.8 Å². The maximum Gasteiger partial charge on any atom is 0.316 e. The Bertz CT molecular complexity index is 960. The number of allylic oxidation sites excluding steroid dienone is 3. The molecule has 0 spiro atoms. The molecule has 3 rings (SSSR count). The van der Waals surface area contributed by atoms with Gasteiger partial charge in [0.2, 0.25) is 0 Å². The molecule has 1 aromatic rings. The lowest BCUT2D eigenvalue weighted by molar-refractivity contribution is -0.144. The van der Waals surface area contributed by atoms with Crippen LogP contribution >= 0.6 is 0 Å². The molecule has 4 heteroatoms. The number of aryl methyl sites for hydroxylation is 1. The van der Waals surface area contributed by atoms with Crippen molar-refractivity contribution in [1.29, 1.82) is 0 Å². The second-order valence-electron chi connectivity index (χ2n) is 11.7. The number of benzene rings is 1. The Labute approximate surface area is 220 Å². The predicted molar refractivity (Wildman–Crippen MR) is 152 cm³/mol. The molecule has 1 aliphatic carbocycles. The zero-order valence-corrected chi connectivity index (χ0v) is 24.5. The van der Waals surface area contributed by atoms with E-state index < -0.39 is 5.41 Å². The number of phenolic OH excluding ortho intramolecular Hbond substituents is 1. The molecule has 1 fully saturated rings. The number of carbonyl (C=O) groups excluding carboxylic acids is 1. The van der Waals surface area contributed by atoms with E-state index in [1.165, 1.54) is 5.57 Å². The van der Waals surface area contributed by atoms with Gasteiger partial charge in [0.15, 0.2) is 0 Å². The van der Waals surface area contributed by atoms with Gasteiger partial charge in [-0.25, -0.2) is 0 Å². The first-order valence-electron chi connectivity index (χ1n) is 14.0. The van der Waals surface area contributed by atoms with Gasteiger partial charge in [0, 0.05) is 24.1 Å². The Balaban J connectivity index is 0.00000222. The van der Waals surface area contributed by atoms with E-state index in [0.717, 1.165) is 68.2 Å². The van der Waals surface area contributed by atoms with Crippen LogP contribution in [0.4, 0.5) is 0 Å². The Morgan fingerprint density at radius 1 is 1.28 bits per heavy atom. The molecule has 1 saturated heterocycles. The molecule has 0 aromatic heterocycles. The van der Waals surface area contributed by atoms with Gasteiger partial charge < -0.3 is 14.7 Å². The number of nitrogens with zero attached hydrogens (tertiary/aromatic N) is 1. The van der Waals surface area contributed by atoms with Gasteiger partial charge in [0.1, 0.15) is 11.5 Å². The molecule has 1 aliphatic heterocycles. The van der Waals surface area contributed by atoms with Crippen LogP contribution in [0.5, 0.6) is 11.5 Å². The standard InChI is InChI=1S/C30H45NO3.C2H6/c1-9-10-11-12-22-16-25(32)27(24-15-21(4)13-14-30(24,7)20(2)3)26(17-22)34-28(33)29(5,6)18-23-19-31(23)8;1-2/h15-17,23-24,32H,2,9-14,18-19H2,1,3-8H3;1-2H3.